The maximum atomic E-state index is 11.8. The quantitative estimate of drug-likeness (QED) is 0.874. The minimum absolute atomic E-state index is 0.152. The fourth-order valence-electron chi connectivity index (χ4n) is 2.31. The smallest absolute Gasteiger partial charge is 0.227 e. The lowest BCUT2D eigenvalue weighted by atomic mass is 10.1. The van der Waals surface area contributed by atoms with Crippen LogP contribution in [0.4, 0.5) is 11.4 Å². The Kier molecular flexibility index (Phi) is 3.42. The van der Waals surface area contributed by atoms with E-state index in [1.807, 2.05) is 18.2 Å². The Hall–Kier alpha value is -1.55. The summed E-state index contributed by atoms with van der Waals surface area (Å²) in [6.07, 6.45) is 3.10. The topological polar surface area (TPSA) is 50.4 Å². The maximum Gasteiger partial charge on any atom is 0.227 e. The van der Waals surface area contributed by atoms with Crippen molar-refractivity contribution in [2.45, 2.75) is 32.2 Å². The summed E-state index contributed by atoms with van der Waals surface area (Å²) in [6.45, 7) is 3.66. The van der Waals surface area contributed by atoms with E-state index in [2.05, 4.69) is 17.6 Å². The molecule has 4 nitrogen and oxygen atoms in total. The number of carbonyl (C=O) groups excluding carboxylic acids is 1. The highest BCUT2D eigenvalue weighted by Crippen LogP contribution is 2.31. The van der Waals surface area contributed by atoms with Crippen molar-refractivity contribution in [2.24, 2.45) is 5.92 Å². The molecule has 1 heterocycles. The predicted octanol–water partition coefficient (Wildman–Crippen LogP) is 2.54. The van der Waals surface area contributed by atoms with Crippen LogP contribution in [0.2, 0.25) is 0 Å². The second kappa shape index (κ2) is 5.21. The van der Waals surface area contributed by atoms with Gasteiger partial charge in [-0.2, -0.15) is 0 Å². The molecule has 0 unspecified atom stereocenters. The van der Waals surface area contributed by atoms with Gasteiger partial charge < -0.3 is 15.4 Å². The predicted molar refractivity (Wildman–Crippen MR) is 75.4 cm³/mol. The van der Waals surface area contributed by atoms with E-state index in [9.17, 15) is 4.79 Å². The third-order valence-corrected chi connectivity index (χ3v) is 3.74. The molecule has 1 aromatic rings. The van der Waals surface area contributed by atoms with E-state index in [1.54, 1.807) is 0 Å². The van der Waals surface area contributed by atoms with Crippen LogP contribution in [0.5, 0.6) is 0 Å². The molecule has 1 aliphatic heterocycles. The zero-order valence-electron chi connectivity index (χ0n) is 11.2. The number of amides is 1. The van der Waals surface area contributed by atoms with Crippen molar-refractivity contribution in [1.29, 1.82) is 0 Å². The van der Waals surface area contributed by atoms with Crippen LogP contribution in [-0.4, -0.2) is 25.2 Å². The van der Waals surface area contributed by atoms with Crippen LogP contribution in [0, 0.1) is 12.8 Å². The third-order valence-electron chi connectivity index (χ3n) is 3.74. The van der Waals surface area contributed by atoms with Crippen molar-refractivity contribution >= 4 is 17.3 Å². The minimum Gasteiger partial charge on any atom is -0.380 e. The average Bonchev–Trinajstić information content (AvgIpc) is 3.13. The summed E-state index contributed by atoms with van der Waals surface area (Å²) in [5, 5.41) is 6.48. The number of ether oxygens (including phenoxy) is 1. The molecule has 102 valence electrons. The SMILES string of the molecule is Cc1ccc(NC(=O)C2CC2)cc1N[C@@H]1CCOC1. The van der Waals surface area contributed by atoms with Gasteiger partial charge in [0.15, 0.2) is 0 Å². The average molecular weight is 260 g/mol. The highest BCUT2D eigenvalue weighted by atomic mass is 16.5. The Bertz CT molecular complexity index is 477. The van der Waals surface area contributed by atoms with Crippen molar-refractivity contribution in [3.8, 4) is 0 Å². The van der Waals surface area contributed by atoms with Gasteiger partial charge in [0.25, 0.3) is 0 Å². The van der Waals surface area contributed by atoms with Crippen molar-refractivity contribution < 1.29 is 9.53 Å². The van der Waals surface area contributed by atoms with Gasteiger partial charge in [-0.25, -0.2) is 0 Å². The molecule has 2 fully saturated rings. The second-order valence-electron chi connectivity index (χ2n) is 5.50. The van der Waals surface area contributed by atoms with Crippen molar-refractivity contribution in [2.75, 3.05) is 23.8 Å². The van der Waals surface area contributed by atoms with Gasteiger partial charge >= 0.3 is 0 Å². The molecule has 0 spiro atoms. The number of rotatable bonds is 4. The summed E-state index contributed by atoms with van der Waals surface area (Å²) in [7, 11) is 0. The van der Waals surface area contributed by atoms with Gasteiger partial charge in [0, 0.05) is 23.9 Å². The number of benzene rings is 1. The van der Waals surface area contributed by atoms with Gasteiger partial charge in [0.2, 0.25) is 5.91 Å². The molecular weight excluding hydrogens is 240 g/mol. The molecule has 2 aliphatic rings. The Morgan fingerprint density at radius 1 is 1.32 bits per heavy atom. The number of hydrogen-bond acceptors (Lipinski definition) is 3. The summed E-state index contributed by atoms with van der Waals surface area (Å²) in [5.41, 5.74) is 3.16. The minimum atomic E-state index is 0.152. The van der Waals surface area contributed by atoms with Gasteiger partial charge in [-0.15, -0.1) is 0 Å². The number of aryl methyl sites for hydroxylation is 1. The van der Waals surface area contributed by atoms with Crippen molar-refractivity contribution in [1.82, 2.24) is 0 Å². The van der Waals surface area contributed by atoms with Crippen LogP contribution < -0.4 is 10.6 Å². The Morgan fingerprint density at radius 2 is 2.16 bits per heavy atom. The lowest BCUT2D eigenvalue weighted by Gasteiger charge is -2.16. The molecule has 0 radical (unpaired) electrons. The van der Waals surface area contributed by atoms with Gasteiger partial charge in [0.05, 0.1) is 12.6 Å². The Balaban J connectivity index is 1.69. The van der Waals surface area contributed by atoms with E-state index in [4.69, 9.17) is 4.74 Å². The van der Waals surface area contributed by atoms with Gasteiger partial charge in [-0.3, -0.25) is 4.79 Å². The molecule has 4 heteroatoms. The maximum absolute atomic E-state index is 11.8. The van der Waals surface area contributed by atoms with E-state index in [1.165, 1.54) is 5.56 Å². The van der Waals surface area contributed by atoms with Crippen LogP contribution in [-0.2, 0) is 9.53 Å². The molecular formula is C15H20N2O2. The first-order chi connectivity index (χ1) is 9.22. The van der Waals surface area contributed by atoms with Gasteiger partial charge in [-0.1, -0.05) is 6.07 Å². The Labute approximate surface area is 113 Å². The molecule has 0 aromatic heterocycles. The summed E-state index contributed by atoms with van der Waals surface area (Å²) in [6, 6.07) is 6.41. The van der Waals surface area contributed by atoms with Gasteiger partial charge in [-0.05, 0) is 43.9 Å². The van der Waals surface area contributed by atoms with E-state index < -0.39 is 0 Å². The molecule has 1 aromatic carbocycles. The van der Waals surface area contributed by atoms with Crippen molar-refractivity contribution in [3.05, 3.63) is 23.8 Å². The first-order valence-electron chi connectivity index (χ1n) is 6.98. The summed E-state index contributed by atoms with van der Waals surface area (Å²) < 4.78 is 5.37. The molecule has 3 rings (SSSR count). The first kappa shape index (κ1) is 12.5. The molecule has 1 amide bonds. The first-order valence-corrected chi connectivity index (χ1v) is 6.98. The van der Waals surface area contributed by atoms with E-state index in [-0.39, 0.29) is 11.8 Å². The standard InChI is InChI=1S/C15H20N2O2/c1-10-2-5-12(17-15(18)11-3-4-11)8-14(10)16-13-6-7-19-9-13/h2,5,8,11,13,16H,3-4,6-7,9H2,1H3,(H,17,18)/t13-/m1/s1. The van der Waals surface area contributed by atoms with Crippen LogP contribution in [0.3, 0.4) is 0 Å². The second-order valence-corrected chi connectivity index (χ2v) is 5.50. The lowest BCUT2D eigenvalue weighted by molar-refractivity contribution is -0.117. The molecule has 2 N–H and O–H groups in total. The summed E-state index contributed by atoms with van der Waals surface area (Å²) in [5.74, 6) is 0.389. The van der Waals surface area contributed by atoms with E-state index in [0.717, 1.165) is 43.9 Å². The van der Waals surface area contributed by atoms with Crippen LogP contribution in [0.15, 0.2) is 18.2 Å². The van der Waals surface area contributed by atoms with E-state index >= 15 is 0 Å². The normalized spacial score (nSPS) is 22.3. The number of anilines is 2. The zero-order valence-corrected chi connectivity index (χ0v) is 11.2. The lowest BCUT2D eigenvalue weighted by Crippen LogP contribution is -2.20. The molecule has 1 atom stereocenters. The number of nitrogens with one attached hydrogen (secondary N) is 2. The molecule has 1 saturated heterocycles. The fraction of sp³-hybridized carbons (Fsp3) is 0.533. The largest absolute Gasteiger partial charge is 0.380 e. The monoisotopic (exact) mass is 260 g/mol. The van der Waals surface area contributed by atoms with E-state index in [0.29, 0.717) is 6.04 Å². The number of carbonyl (C=O) groups is 1. The molecule has 19 heavy (non-hydrogen) atoms. The van der Waals surface area contributed by atoms with Crippen LogP contribution in [0.1, 0.15) is 24.8 Å². The third kappa shape index (κ3) is 3.07. The molecule has 1 saturated carbocycles. The van der Waals surface area contributed by atoms with Crippen LogP contribution in [0.25, 0.3) is 0 Å². The summed E-state index contributed by atoms with van der Waals surface area (Å²) in [4.78, 5) is 11.8. The fourth-order valence-corrected chi connectivity index (χ4v) is 2.31. The van der Waals surface area contributed by atoms with Gasteiger partial charge in [0.1, 0.15) is 0 Å². The number of hydrogen-bond donors (Lipinski definition) is 2. The molecule has 0 bridgehead atoms. The highest BCUT2D eigenvalue weighted by molar-refractivity contribution is 5.94. The Morgan fingerprint density at radius 3 is 2.84 bits per heavy atom. The van der Waals surface area contributed by atoms with Crippen LogP contribution >= 0.6 is 0 Å². The zero-order chi connectivity index (χ0) is 13.2. The molecule has 1 aliphatic carbocycles. The van der Waals surface area contributed by atoms with Crippen molar-refractivity contribution in [3.63, 3.8) is 0 Å². The summed E-state index contributed by atoms with van der Waals surface area (Å²) >= 11 is 0. The highest BCUT2D eigenvalue weighted by Gasteiger charge is 2.29.